The van der Waals surface area contributed by atoms with E-state index in [1.807, 2.05) is 109 Å². The largest absolute Gasteiger partial charge is 0.395 e. The smallest absolute Gasteiger partial charge is 0.102 e. The van der Waals surface area contributed by atoms with E-state index >= 15 is 0 Å². The fourth-order valence-electron chi connectivity index (χ4n) is 5.70. The van der Waals surface area contributed by atoms with Gasteiger partial charge in [0.1, 0.15) is 6.10 Å². The molecule has 1 saturated heterocycles. The lowest BCUT2D eigenvalue weighted by molar-refractivity contribution is -0.185. The molecule has 4 aromatic rings. The first-order valence-corrected chi connectivity index (χ1v) is 14.6. The van der Waals surface area contributed by atoms with Crippen LogP contribution in [0, 0.1) is 0 Å². The Morgan fingerprint density at radius 1 is 0.628 bits per heavy atom. The Kier molecular flexibility index (Phi) is 11.3. The van der Waals surface area contributed by atoms with Crippen LogP contribution < -0.4 is 0 Å². The summed E-state index contributed by atoms with van der Waals surface area (Å²) in [5, 5.41) is 15.0. The topological polar surface area (TPSA) is 99.9 Å². The average molecular weight is 579 g/mol. The van der Waals surface area contributed by atoms with Crippen LogP contribution in [0.15, 0.2) is 126 Å². The van der Waals surface area contributed by atoms with Crippen molar-refractivity contribution in [2.45, 2.75) is 56.7 Å². The van der Waals surface area contributed by atoms with E-state index in [9.17, 15) is 10.6 Å². The Balaban J connectivity index is 1.50. The number of azide groups is 1. The molecule has 1 aliphatic heterocycles. The van der Waals surface area contributed by atoms with Gasteiger partial charge in [0.05, 0.1) is 51.2 Å². The number of nitrogens with zero attached hydrogens (tertiary/aromatic N) is 4. The molecule has 5 rings (SSSR count). The van der Waals surface area contributed by atoms with Gasteiger partial charge in [-0.3, -0.25) is 4.90 Å². The van der Waals surface area contributed by atoms with E-state index in [0.717, 1.165) is 22.3 Å². The number of rotatable bonds is 14. The molecule has 5 atom stereocenters. The predicted octanol–water partition coefficient (Wildman–Crippen LogP) is 6.30. The molecule has 1 aliphatic rings. The molecule has 0 saturated carbocycles. The van der Waals surface area contributed by atoms with Crippen LogP contribution in [0.5, 0.6) is 0 Å². The van der Waals surface area contributed by atoms with Crippen LogP contribution in [0.1, 0.15) is 22.3 Å². The van der Waals surface area contributed by atoms with Crippen molar-refractivity contribution >= 4 is 0 Å². The number of hydrogen-bond donors (Lipinski definition) is 1. The van der Waals surface area contributed by atoms with Gasteiger partial charge in [-0.1, -0.05) is 126 Å². The third-order valence-corrected chi connectivity index (χ3v) is 7.84. The van der Waals surface area contributed by atoms with Crippen LogP contribution in [0.3, 0.4) is 0 Å². The maximum Gasteiger partial charge on any atom is 0.102 e. The van der Waals surface area contributed by atoms with Crippen molar-refractivity contribution in [1.29, 1.82) is 0 Å². The molecule has 43 heavy (non-hydrogen) atoms. The molecule has 0 spiro atoms. The SMILES string of the molecule is [N-]=[N+]=N[C@H]1[C@@H](OCc2ccccc2)[C@H](OCc2ccccc2)[C@@H](COCc2ccccc2)N(Cc2ccccc2)[C@@H]1CO. The number of likely N-dealkylation sites (tertiary alicyclic amines) is 1. The van der Waals surface area contributed by atoms with Gasteiger partial charge in [-0.2, -0.15) is 0 Å². The summed E-state index contributed by atoms with van der Waals surface area (Å²) in [5.41, 5.74) is 13.8. The first kappa shape index (κ1) is 30.4. The highest BCUT2D eigenvalue weighted by Crippen LogP contribution is 2.34. The van der Waals surface area contributed by atoms with E-state index in [4.69, 9.17) is 14.2 Å². The van der Waals surface area contributed by atoms with Crippen LogP contribution in [0.25, 0.3) is 10.4 Å². The number of ether oxygens (including phenoxy) is 3. The monoisotopic (exact) mass is 578 g/mol. The van der Waals surface area contributed by atoms with Gasteiger partial charge >= 0.3 is 0 Å². The highest BCUT2D eigenvalue weighted by molar-refractivity contribution is 5.19. The van der Waals surface area contributed by atoms with E-state index in [1.165, 1.54) is 0 Å². The van der Waals surface area contributed by atoms with E-state index in [1.54, 1.807) is 0 Å². The number of aliphatic hydroxyl groups excluding tert-OH is 1. The van der Waals surface area contributed by atoms with Gasteiger partial charge in [0.2, 0.25) is 0 Å². The average Bonchev–Trinajstić information content (AvgIpc) is 3.06. The molecule has 222 valence electrons. The highest BCUT2D eigenvalue weighted by Gasteiger charge is 2.50. The summed E-state index contributed by atoms with van der Waals surface area (Å²) >= 11 is 0. The normalized spacial score (nSPS) is 22.1. The van der Waals surface area contributed by atoms with Crippen molar-refractivity contribution in [1.82, 2.24) is 4.90 Å². The third-order valence-electron chi connectivity index (χ3n) is 7.84. The molecule has 0 unspecified atom stereocenters. The molecule has 1 N–H and O–H groups in total. The summed E-state index contributed by atoms with van der Waals surface area (Å²) < 4.78 is 19.6. The van der Waals surface area contributed by atoms with E-state index in [0.29, 0.717) is 33.0 Å². The molecule has 4 aromatic carbocycles. The molecular weight excluding hydrogens is 540 g/mol. The van der Waals surface area contributed by atoms with E-state index < -0.39 is 24.3 Å². The van der Waals surface area contributed by atoms with Crippen LogP contribution in [-0.2, 0) is 40.6 Å². The zero-order valence-corrected chi connectivity index (χ0v) is 24.1. The van der Waals surface area contributed by atoms with Gasteiger partial charge in [0.25, 0.3) is 0 Å². The predicted molar refractivity (Wildman–Crippen MR) is 166 cm³/mol. The van der Waals surface area contributed by atoms with Gasteiger partial charge in [-0.05, 0) is 27.8 Å². The molecule has 0 aliphatic carbocycles. The lowest BCUT2D eigenvalue weighted by Crippen LogP contribution is -2.68. The summed E-state index contributed by atoms with van der Waals surface area (Å²) in [6.07, 6.45) is -1.16. The van der Waals surface area contributed by atoms with Gasteiger partial charge < -0.3 is 19.3 Å². The van der Waals surface area contributed by atoms with Gasteiger partial charge in [-0.15, -0.1) is 0 Å². The highest BCUT2D eigenvalue weighted by atomic mass is 16.5. The second-order valence-electron chi connectivity index (χ2n) is 10.7. The molecule has 0 radical (unpaired) electrons. The maximum absolute atomic E-state index is 10.8. The molecule has 0 aromatic heterocycles. The van der Waals surface area contributed by atoms with Gasteiger partial charge in [-0.25, -0.2) is 0 Å². The lowest BCUT2D eigenvalue weighted by atomic mass is 9.85. The second kappa shape index (κ2) is 16.0. The van der Waals surface area contributed by atoms with Crippen molar-refractivity contribution in [2.75, 3.05) is 13.2 Å². The fourth-order valence-corrected chi connectivity index (χ4v) is 5.70. The molecule has 1 fully saturated rings. The Morgan fingerprint density at radius 2 is 1.09 bits per heavy atom. The van der Waals surface area contributed by atoms with Crippen molar-refractivity contribution in [3.63, 3.8) is 0 Å². The second-order valence-corrected chi connectivity index (χ2v) is 10.7. The Labute approximate surface area is 253 Å². The molecule has 8 heteroatoms. The summed E-state index contributed by atoms with van der Waals surface area (Å²) in [6, 6.07) is 38.4. The Hall–Kier alpha value is -4.01. The zero-order chi connectivity index (χ0) is 29.7. The number of hydrogen-bond acceptors (Lipinski definition) is 6. The third kappa shape index (κ3) is 8.30. The Morgan fingerprint density at radius 3 is 1.58 bits per heavy atom. The first-order valence-electron chi connectivity index (χ1n) is 14.6. The quantitative estimate of drug-likeness (QED) is 0.108. The number of piperidine rings is 1. The summed E-state index contributed by atoms with van der Waals surface area (Å²) in [7, 11) is 0. The minimum absolute atomic E-state index is 0.220. The summed E-state index contributed by atoms with van der Waals surface area (Å²) in [6.45, 7) is 1.70. The van der Waals surface area contributed by atoms with Crippen molar-refractivity contribution in [3.05, 3.63) is 154 Å². The van der Waals surface area contributed by atoms with Crippen LogP contribution in [0.4, 0.5) is 0 Å². The minimum Gasteiger partial charge on any atom is -0.395 e. The molecule has 0 amide bonds. The maximum atomic E-state index is 10.8. The van der Waals surface area contributed by atoms with Gasteiger partial charge in [0, 0.05) is 17.5 Å². The molecule has 8 nitrogen and oxygen atoms in total. The number of benzene rings is 4. The standard InChI is InChI=1S/C35H38N4O4/c36-38-37-33-31(22-40)39(21-27-13-5-1-6-14-27)32(26-41-23-28-15-7-2-8-16-28)34(42-24-29-17-9-3-10-18-29)35(33)43-25-30-19-11-4-12-20-30/h1-20,31-35,40H,21-26H2/t31-,32-,33-,34-,35-/m1/s1. The van der Waals surface area contributed by atoms with Crippen LogP contribution >= 0.6 is 0 Å². The van der Waals surface area contributed by atoms with E-state index in [2.05, 4.69) is 27.1 Å². The van der Waals surface area contributed by atoms with Crippen LogP contribution in [-0.4, -0.2) is 53.6 Å². The van der Waals surface area contributed by atoms with Crippen molar-refractivity contribution in [3.8, 4) is 0 Å². The van der Waals surface area contributed by atoms with E-state index in [-0.39, 0.29) is 12.6 Å². The van der Waals surface area contributed by atoms with Crippen molar-refractivity contribution in [2.24, 2.45) is 5.11 Å². The minimum atomic E-state index is -0.700. The molecular formula is C35H38N4O4. The number of aliphatic hydroxyl groups is 1. The lowest BCUT2D eigenvalue weighted by Gasteiger charge is -2.51. The zero-order valence-electron chi connectivity index (χ0n) is 24.1. The first-order chi connectivity index (χ1) is 21.3. The molecule has 1 heterocycles. The van der Waals surface area contributed by atoms with Gasteiger partial charge in [0.15, 0.2) is 0 Å². The Bertz CT molecular complexity index is 1410. The van der Waals surface area contributed by atoms with Crippen molar-refractivity contribution < 1.29 is 19.3 Å². The summed E-state index contributed by atoms with van der Waals surface area (Å²) in [4.78, 5) is 5.37. The molecule has 0 bridgehead atoms. The summed E-state index contributed by atoms with van der Waals surface area (Å²) in [5.74, 6) is 0. The fraction of sp³-hybridized carbons (Fsp3) is 0.314. The van der Waals surface area contributed by atoms with Crippen LogP contribution in [0.2, 0.25) is 0 Å².